The van der Waals surface area contributed by atoms with Crippen molar-refractivity contribution < 1.29 is 4.79 Å². The normalized spacial score (nSPS) is 38.1. The summed E-state index contributed by atoms with van der Waals surface area (Å²) in [5.41, 5.74) is 0.723. The summed E-state index contributed by atoms with van der Waals surface area (Å²) in [6.45, 7) is 0. The Morgan fingerprint density at radius 3 is 2.17 bits per heavy atom. The van der Waals surface area contributed by atoms with Gasteiger partial charge in [-0.2, -0.15) is 10.5 Å². The van der Waals surface area contributed by atoms with E-state index in [0.29, 0.717) is 34.0 Å². The van der Waals surface area contributed by atoms with Crippen molar-refractivity contribution in [1.29, 1.82) is 10.5 Å². The van der Waals surface area contributed by atoms with E-state index < -0.39 is 11.8 Å². The third kappa shape index (κ3) is 2.81. The summed E-state index contributed by atoms with van der Waals surface area (Å²) in [7, 11) is 0. The van der Waals surface area contributed by atoms with Gasteiger partial charge in [0.25, 0.3) is 0 Å². The van der Waals surface area contributed by atoms with Crippen LogP contribution in [0.15, 0.2) is 35.0 Å². The minimum atomic E-state index is -0.901. The highest BCUT2D eigenvalue weighted by Crippen LogP contribution is 2.65. The first-order chi connectivity index (χ1) is 14.0. The molecule has 1 aliphatic heterocycles. The number of anilines is 1. The fraction of sp³-hybridized carbons (Fsp3) is 0.522. The van der Waals surface area contributed by atoms with Crippen molar-refractivity contribution in [3.05, 3.63) is 40.0 Å². The second kappa shape index (κ2) is 6.76. The zero-order chi connectivity index (χ0) is 20.3. The van der Waals surface area contributed by atoms with Crippen LogP contribution in [0.1, 0.15) is 38.5 Å². The molecule has 4 aliphatic carbocycles. The third-order valence-electron chi connectivity index (χ3n) is 7.62. The van der Waals surface area contributed by atoms with Gasteiger partial charge in [-0.3, -0.25) is 9.69 Å². The van der Waals surface area contributed by atoms with Crippen LogP contribution in [0.3, 0.4) is 0 Å². The lowest BCUT2D eigenvalue weighted by molar-refractivity contribution is -0.129. The Kier molecular flexibility index (Phi) is 4.43. The number of halogens is 2. The highest BCUT2D eigenvalue weighted by atomic mass is 35.5. The fourth-order valence-electron chi connectivity index (χ4n) is 7.11. The number of nitriles is 2. The number of amides is 1. The molecule has 1 heterocycles. The lowest BCUT2D eigenvalue weighted by atomic mass is 9.44. The Labute approximate surface area is 180 Å². The van der Waals surface area contributed by atoms with E-state index in [9.17, 15) is 15.3 Å². The number of rotatable bonds is 2. The summed E-state index contributed by atoms with van der Waals surface area (Å²) in [5, 5.41) is 20.7. The summed E-state index contributed by atoms with van der Waals surface area (Å²) in [6.07, 6.45) is 6.77. The van der Waals surface area contributed by atoms with Crippen LogP contribution >= 0.6 is 23.2 Å². The molecule has 6 rings (SSSR count). The molecule has 0 spiro atoms. The number of benzene rings is 1. The molecule has 0 radical (unpaired) electrons. The van der Waals surface area contributed by atoms with Gasteiger partial charge in [-0.05, 0) is 79.9 Å². The van der Waals surface area contributed by atoms with E-state index in [2.05, 4.69) is 12.1 Å². The van der Waals surface area contributed by atoms with Crippen LogP contribution < -0.4 is 4.90 Å². The Balaban J connectivity index is 1.64. The van der Waals surface area contributed by atoms with E-state index >= 15 is 0 Å². The van der Waals surface area contributed by atoms with E-state index in [1.165, 1.54) is 24.2 Å². The predicted molar refractivity (Wildman–Crippen MR) is 111 cm³/mol. The first kappa shape index (κ1) is 19.0. The lowest BCUT2D eigenvalue weighted by Gasteiger charge is -2.60. The molecule has 5 aliphatic rings. The van der Waals surface area contributed by atoms with E-state index in [-0.39, 0.29) is 16.5 Å². The van der Waals surface area contributed by atoms with Crippen molar-refractivity contribution in [3.63, 3.8) is 0 Å². The maximum Gasteiger partial charge on any atom is 0.250 e. The maximum absolute atomic E-state index is 13.5. The van der Waals surface area contributed by atoms with E-state index in [1.807, 2.05) is 0 Å². The molecule has 0 saturated heterocycles. The minimum Gasteiger partial charge on any atom is -0.273 e. The topological polar surface area (TPSA) is 67.9 Å². The number of hydrogen-bond acceptors (Lipinski definition) is 3. The van der Waals surface area contributed by atoms with E-state index in [1.54, 1.807) is 24.3 Å². The lowest BCUT2D eigenvalue weighted by Crippen LogP contribution is -2.55. The van der Waals surface area contributed by atoms with Crippen LogP contribution in [0.25, 0.3) is 0 Å². The second-order valence-corrected chi connectivity index (χ2v) is 10.1. The molecular weight excluding hydrogens is 405 g/mol. The van der Waals surface area contributed by atoms with E-state index in [0.717, 1.165) is 19.3 Å². The van der Waals surface area contributed by atoms with Crippen molar-refractivity contribution in [1.82, 2.24) is 0 Å². The van der Waals surface area contributed by atoms with Crippen LogP contribution in [0.4, 0.5) is 5.69 Å². The molecule has 4 fully saturated rings. The summed E-state index contributed by atoms with van der Waals surface area (Å²) in [4.78, 5) is 14.8. The third-order valence-corrected chi connectivity index (χ3v) is 8.23. The Morgan fingerprint density at radius 2 is 1.66 bits per heavy atom. The standard InChI is InChI=1S/C23H21Cl2N3O/c24-16-2-1-3-17(7-16)28-21(25)18(11-26)20(19(12-27)22(28)29)23-8-13-4-14(9-23)6-15(5-13)10-23/h1-3,7,13-15,19-20H,4-6,8-10H2/t13?,14?,15?,19-,20-,23?/m0/s1. The smallest absolute Gasteiger partial charge is 0.250 e. The van der Waals surface area contributed by atoms with Gasteiger partial charge in [-0.25, -0.2) is 0 Å². The van der Waals surface area contributed by atoms with Gasteiger partial charge in [-0.15, -0.1) is 0 Å². The van der Waals surface area contributed by atoms with Crippen LogP contribution in [-0.4, -0.2) is 5.91 Å². The molecule has 1 aromatic carbocycles. The highest BCUT2D eigenvalue weighted by molar-refractivity contribution is 6.35. The molecule has 1 amide bonds. The van der Waals surface area contributed by atoms with Gasteiger partial charge in [0, 0.05) is 10.9 Å². The minimum absolute atomic E-state index is 0.131. The molecule has 0 unspecified atom stereocenters. The number of carbonyl (C=O) groups excluding carboxylic acids is 1. The van der Waals surface area contributed by atoms with Crippen LogP contribution in [0.5, 0.6) is 0 Å². The van der Waals surface area contributed by atoms with E-state index in [4.69, 9.17) is 23.2 Å². The largest absolute Gasteiger partial charge is 0.273 e. The average Bonchev–Trinajstić information content (AvgIpc) is 2.67. The molecule has 4 bridgehead atoms. The molecule has 29 heavy (non-hydrogen) atoms. The molecule has 4 nitrogen and oxygen atoms in total. The zero-order valence-electron chi connectivity index (χ0n) is 15.9. The first-order valence-corrected chi connectivity index (χ1v) is 11.0. The van der Waals surface area contributed by atoms with Crippen LogP contribution in [0.2, 0.25) is 5.02 Å². The molecule has 148 valence electrons. The van der Waals surface area contributed by atoms with Crippen LogP contribution in [0, 0.1) is 57.7 Å². The van der Waals surface area contributed by atoms with Gasteiger partial charge in [0.1, 0.15) is 11.1 Å². The first-order valence-electron chi connectivity index (χ1n) is 10.2. The molecule has 2 atom stereocenters. The summed E-state index contributed by atoms with van der Waals surface area (Å²) in [6, 6.07) is 11.4. The Morgan fingerprint density at radius 1 is 1.03 bits per heavy atom. The van der Waals surface area contributed by atoms with Crippen molar-refractivity contribution >= 4 is 34.8 Å². The van der Waals surface area contributed by atoms with Gasteiger partial charge in [0.2, 0.25) is 5.91 Å². The van der Waals surface area contributed by atoms with Gasteiger partial charge < -0.3 is 0 Å². The van der Waals surface area contributed by atoms with Gasteiger partial charge in [0.15, 0.2) is 0 Å². The monoisotopic (exact) mass is 425 g/mol. The summed E-state index contributed by atoms with van der Waals surface area (Å²) >= 11 is 12.8. The van der Waals surface area contributed by atoms with Gasteiger partial charge in [0.05, 0.1) is 23.4 Å². The average molecular weight is 426 g/mol. The molecular formula is C23H21Cl2N3O. The fourth-order valence-corrected chi connectivity index (χ4v) is 7.64. The Bertz CT molecular complexity index is 967. The molecule has 1 aromatic rings. The Hall–Kier alpha value is -2.01. The van der Waals surface area contributed by atoms with Crippen molar-refractivity contribution in [2.24, 2.45) is 35.0 Å². The highest BCUT2D eigenvalue weighted by Gasteiger charge is 2.60. The number of nitrogens with zero attached hydrogens (tertiary/aromatic N) is 3. The SMILES string of the molecule is N#CC1=C(Cl)N(c2cccc(Cl)c2)C(=O)[C@@H](C#N)[C@H]1C12CC3CC(CC(C3)C1)C2. The van der Waals surface area contributed by atoms with Crippen molar-refractivity contribution in [2.75, 3.05) is 4.90 Å². The van der Waals surface area contributed by atoms with Crippen LogP contribution in [-0.2, 0) is 4.79 Å². The quantitative estimate of drug-likeness (QED) is 0.576. The predicted octanol–water partition coefficient (Wildman–Crippen LogP) is 5.63. The maximum atomic E-state index is 13.5. The van der Waals surface area contributed by atoms with Gasteiger partial charge >= 0.3 is 0 Å². The van der Waals surface area contributed by atoms with Gasteiger partial charge in [-0.1, -0.05) is 29.3 Å². The van der Waals surface area contributed by atoms with Crippen molar-refractivity contribution in [3.8, 4) is 12.1 Å². The summed E-state index contributed by atoms with van der Waals surface area (Å²) < 4.78 is 0. The number of allylic oxidation sites excluding steroid dienone is 1. The molecule has 4 saturated carbocycles. The number of hydrogen-bond donors (Lipinski definition) is 0. The summed E-state index contributed by atoms with van der Waals surface area (Å²) in [5.74, 6) is 0.296. The van der Waals surface area contributed by atoms with Crippen molar-refractivity contribution in [2.45, 2.75) is 38.5 Å². The molecule has 6 heteroatoms. The molecule has 0 N–H and O–H groups in total. The second-order valence-electron chi connectivity index (χ2n) is 9.33. The zero-order valence-corrected chi connectivity index (χ0v) is 17.5. The molecule has 0 aromatic heterocycles. The number of carbonyl (C=O) groups is 1.